The second-order valence-corrected chi connectivity index (χ2v) is 29.8. The molecule has 0 rings (SSSR count). The number of hydrogen-bond donors (Lipinski definition) is 3. The number of phosphoric ester groups is 2. The molecule has 0 aromatic rings. The summed E-state index contributed by atoms with van der Waals surface area (Å²) in [5.74, 6) is 0.794. The van der Waals surface area contributed by atoms with Crippen molar-refractivity contribution in [2.45, 2.75) is 363 Å². The lowest BCUT2D eigenvalue weighted by Gasteiger charge is -2.21. The molecule has 0 aromatic carbocycles. The Morgan fingerprint density at radius 3 is 0.798 bits per heavy atom. The third-order valence-electron chi connectivity index (χ3n) is 16.4. The molecule has 0 aliphatic carbocycles. The van der Waals surface area contributed by atoms with Crippen LogP contribution in [-0.2, 0) is 65.4 Å². The van der Waals surface area contributed by atoms with Gasteiger partial charge in [0.25, 0.3) is 0 Å². The van der Waals surface area contributed by atoms with Gasteiger partial charge < -0.3 is 33.8 Å². The zero-order chi connectivity index (χ0) is 66.1. The molecule has 19 heteroatoms. The summed E-state index contributed by atoms with van der Waals surface area (Å²) in [5, 5.41) is 10.6. The molecule has 3 N–H and O–H groups in total. The first kappa shape index (κ1) is 87.1. The van der Waals surface area contributed by atoms with Gasteiger partial charge in [-0.1, -0.05) is 293 Å². The number of ether oxygens (including phenoxy) is 4. The number of carbonyl (C=O) groups excluding carboxylic acids is 4. The van der Waals surface area contributed by atoms with Crippen molar-refractivity contribution in [3.05, 3.63) is 0 Å². The Morgan fingerprint density at radius 1 is 0.315 bits per heavy atom. The lowest BCUT2D eigenvalue weighted by molar-refractivity contribution is -0.161. The van der Waals surface area contributed by atoms with Crippen LogP contribution in [0.15, 0.2) is 0 Å². The maximum atomic E-state index is 13.0. The summed E-state index contributed by atoms with van der Waals surface area (Å²) in [6.45, 7) is 14.0. The monoisotopic (exact) mass is 1310 g/mol. The topological polar surface area (TPSA) is 237 Å². The smallest absolute Gasteiger partial charge is 0.462 e. The van der Waals surface area contributed by atoms with Crippen LogP contribution in [0.3, 0.4) is 0 Å². The molecule has 0 heterocycles. The highest BCUT2D eigenvalue weighted by Gasteiger charge is 2.30. The van der Waals surface area contributed by atoms with Crippen LogP contribution in [-0.4, -0.2) is 96.7 Å². The molecule has 17 nitrogen and oxygen atoms in total. The van der Waals surface area contributed by atoms with E-state index < -0.39 is 97.5 Å². The minimum atomic E-state index is -4.95. The van der Waals surface area contributed by atoms with Crippen LogP contribution >= 0.6 is 15.6 Å². The van der Waals surface area contributed by atoms with E-state index in [9.17, 15) is 43.2 Å². The molecule has 0 saturated heterocycles. The molecular weight excluding hydrogens is 1170 g/mol. The normalized spacial score (nSPS) is 14.6. The molecule has 0 bridgehead atoms. The predicted molar refractivity (Wildman–Crippen MR) is 358 cm³/mol. The Balaban J connectivity index is 5.17. The van der Waals surface area contributed by atoms with Crippen molar-refractivity contribution in [2.75, 3.05) is 39.6 Å². The van der Waals surface area contributed by atoms with Crippen LogP contribution in [0.25, 0.3) is 0 Å². The first-order valence-electron chi connectivity index (χ1n) is 36.2. The van der Waals surface area contributed by atoms with Gasteiger partial charge in [-0.2, -0.15) is 0 Å². The third kappa shape index (κ3) is 63.2. The number of esters is 4. The van der Waals surface area contributed by atoms with Crippen molar-refractivity contribution in [1.82, 2.24) is 0 Å². The Morgan fingerprint density at radius 2 is 0.539 bits per heavy atom. The second kappa shape index (κ2) is 59.8. The van der Waals surface area contributed by atoms with Crippen LogP contribution in [0.4, 0.5) is 0 Å². The molecule has 0 amide bonds. The van der Waals surface area contributed by atoms with Gasteiger partial charge in [0.15, 0.2) is 12.2 Å². The molecule has 0 fully saturated rings. The number of phosphoric acid groups is 2. The third-order valence-corrected chi connectivity index (χ3v) is 18.3. The molecule has 0 aliphatic rings. The SMILES string of the molecule is CCC(C)CCCCCCCCCCC(=O)O[C@H](COC(=O)CCCCCCCCCCCCCCCCCCC(C)C)COP(=O)(O)OC[C@@H](O)COP(=O)(O)OC[C@@H](COC(=O)CCCCCCCCC(C)C)OC(=O)CCCCCCCCC(C)C. The minimum Gasteiger partial charge on any atom is -0.462 e. The van der Waals surface area contributed by atoms with E-state index in [1.807, 2.05) is 0 Å². The van der Waals surface area contributed by atoms with Crippen molar-refractivity contribution < 1.29 is 80.2 Å². The highest BCUT2D eigenvalue weighted by molar-refractivity contribution is 7.47. The lowest BCUT2D eigenvalue weighted by atomic mass is 9.99. The van der Waals surface area contributed by atoms with E-state index >= 15 is 0 Å². The van der Waals surface area contributed by atoms with Gasteiger partial charge in [0.05, 0.1) is 26.4 Å². The fourth-order valence-corrected chi connectivity index (χ4v) is 12.0. The zero-order valence-electron chi connectivity index (χ0n) is 58.1. The molecular formula is C70H136O17P2. The summed E-state index contributed by atoms with van der Waals surface area (Å²) in [4.78, 5) is 72.4. The minimum absolute atomic E-state index is 0.101. The number of aliphatic hydroxyl groups excluding tert-OH is 1. The molecule has 89 heavy (non-hydrogen) atoms. The summed E-state index contributed by atoms with van der Waals surface area (Å²) in [5.41, 5.74) is 0. The first-order valence-corrected chi connectivity index (χ1v) is 39.2. The van der Waals surface area contributed by atoms with E-state index in [2.05, 4.69) is 55.4 Å². The average molecular weight is 1310 g/mol. The fourth-order valence-electron chi connectivity index (χ4n) is 10.5. The number of aliphatic hydroxyl groups is 1. The molecule has 528 valence electrons. The van der Waals surface area contributed by atoms with Gasteiger partial charge >= 0.3 is 39.5 Å². The molecule has 0 saturated carbocycles. The Labute approximate surface area is 543 Å². The van der Waals surface area contributed by atoms with Gasteiger partial charge in [-0.3, -0.25) is 37.3 Å². The Bertz CT molecular complexity index is 1770. The number of rotatable bonds is 67. The molecule has 0 radical (unpaired) electrons. The summed E-state index contributed by atoms with van der Waals surface area (Å²) >= 11 is 0. The van der Waals surface area contributed by atoms with Gasteiger partial charge in [0.1, 0.15) is 19.3 Å². The van der Waals surface area contributed by atoms with Crippen LogP contribution in [0.5, 0.6) is 0 Å². The zero-order valence-corrected chi connectivity index (χ0v) is 59.8. The number of unbranched alkanes of at least 4 members (excludes halogenated alkanes) is 32. The predicted octanol–water partition coefficient (Wildman–Crippen LogP) is 19.7. The van der Waals surface area contributed by atoms with E-state index in [0.717, 1.165) is 108 Å². The van der Waals surface area contributed by atoms with Crippen LogP contribution < -0.4 is 0 Å². The maximum Gasteiger partial charge on any atom is 0.472 e. The molecule has 0 spiro atoms. The molecule has 0 aromatic heterocycles. The van der Waals surface area contributed by atoms with Crippen LogP contribution in [0.1, 0.15) is 344 Å². The standard InChI is InChI=1S/C70H136O17P2/c1-9-63(8)49-41-33-23-20-21-25-36-44-52-69(74)86-65(56-80-67(72)50-42-34-24-19-17-15-13-11-10-12-14-16-18-22-30-38-46-60(2)3)58-84-88(76,77)82-54-64(71)55-83-89(78,79)85-59-66(87-70(75)53-45-37-29-27-32-40-48-62(6)7)57-81-68(73)51-43-35-28-26-31-39-47-61(4)5/h60-66,71H,9-59H2,1-8H3,(H,76,77)(H,78,79)/t63?,64-,65-,66-/m1/s1. The Hall–Kier alpha value is -1.94. The molecule has 6 atom stereocenters. The number of carbonyl (C=O) groups is 4. The van der Waals surface area contributed by atoms with Gasteiger partial charge in [0.2, 0.25) is 0 Å². The van der Waals surface area contributed by atoms with Gasteiger partial charge in [-0.15, -0.1) is 0 Å². The summed E-state index contributed by atoms with van der Waals surface area (Å²) in [7, 11) is -9.90. The van der Waals surface area contributed by atoms with E-state index in [1.165, 1.54) is 141 Å². The first-order chi connectivity index (χ1) is 42.6. The van der Waals surface area contributed by atoms with Crippen LogP contribution in [0.2, 0.25) is 0 Å². The van der Waals surface area contributed by atoms with E-state index in [-0.39, 0.29) is 25.7 Å². The maximum absolute atomic E-state index is 13.0. The van der Waals surface area contributed by atoms with Crippen molar-refractivity contribution in [1.29, 1.82) is 0 Å². The Kier molecular flexibility index (Phi) is 58.5. The van der Waals surface area contributed by atoms with Crippen molar-refractivity contribution in [3.8, 4) is 0 Å². The quantitative estimate of drug-likeness (QED) is 0.0222. The highest BCUT2D eigenvalue weighted by atomic mass is 31.2. The largest absolute Gasteiger partial charge is 0.472 e. The van der Waals surface area contributed by atoms with Gasteiger partial charge in [-0.05, 0) is 49.4 Å². The second-order valence-electron chi connectivity index (χ2n) is 26.9. The van der Waals surface area contributed by atoms with Gasteiger partial charge in [-0.25, -0.2) is 9.13 Å². The fraction of sp³-hybridized carbons (Fsp3) is 0.943. The lowest BCUT2D eigenvalue weighted by Crippen LogP contribution is -2.30. The van der Waals surface area contributed by atoms with Crippen LogP contribution in [0, 0.1) is 23.7 Å². The van der Waals surface area contributed by atoms with E-state index in [4.69, 9.17) is 37.0 Å². The van der Waals surface area contributed by atoms with Crippen molar-refractivity contribution >= 4 is 39.5 Å². The van der Waals surface area contributed by atoms with E-state index in [0.29, 0.717) is 37.5 Å². The average Bonchev–Trinajstić information content (AvgIpc) is 3.67. The summed E-state index contributed by atoms with van der Waals surface area (Å²) in [6, 6.07) is 0. The van der Waals surface area contributed by atoms with E-state index in [1.54, 1.807) is 0 Å². The highest BCUT2D eigenvalue weighted by Crippen LogP contribution is 2.45. The summed E-state index contributed by atoms with van der Waals surface area (Å²) in [6.07, 6.45) is 42.1. The summed E-state index contributed by atoms with van der Waals surface area (Å²) < 4.78 is 68.2. The van der Waals surface area contributed by atoms with Gasteiger partial charge in [0, 0.05) is 25.7 Å². The van der Waals surface area contributed by atoms with Crippen molar-refractivity contribution in [3.63, 3.8) is 0 Å². The molecule has 3 unspecified atom stereocenters. The van der Waals surface area contributed by atoms with Crippen molar-refractivity contribution in [2.24, 2.45) is 23.7 Å². The number of hydrogen-bond acceptors (Lipinski definition) is 15. The molecule has 0 aliphatic heterocycles.